The van der Waals surface area contributed by atoms with Gasteiger partial charge in [0, 0.05) is 24.0 Å². The number of hydrogen-bond donors (Lipinski definition) is 0. The van der Waals surface area contributed by atoms with Crippen LogP contribution in [0.4, 0.5) is 8.78 Å². The Balaban J connectivity index is 2.14. The van der Waals surface area contributed by atoms with Crippen molar-refractivity contribution in [1.29, 1.82) is 0 Å². The van der Waals surface area contributed by atoms with Gasteiger partial charge in [0.2, 0.25) is 11.2 Å². The molecule has 3 aromatic rings. The van der Waals surface area contributed by atoms with Gasteiger partial charge in [0.25, 0.3) is 0 Å². The van der Waals surface area contributed by atoms with Crippen LogP contribution >= 0.6 is 11.6 Å². The fourth-order valence-corrected chi connectivity index (χ4v) is 1.80. The zero-order valence-corrected chi connectivity index (χ0v) is 10.6. The summed E-state index contributed by atoms with van der Waals surface area (Å²) in [6, 6.07) is 3.00. The van der Waals surface area contributed by atoms with Crippen LogP contribution in [0.3, 0.4) is 0 Å². The third-order valence-corrected chi connectivity index (χ3v) is 2.62. The molecule has 0 spiro atoms. The highest BCUT2D eigenvalue weighted by atomic mass is 35.5. The Morgan fingerprint density at radius 3 is 2.40 bits per heavy atom. The first-order valence-electron chi connectivity index (χ1n) is 5.48. The summed E-state index contributed by atoms with van der Waals surface area (Å²) in [6.07, 6.45) is 4.63. The lowest BCUT2D eigenvalue weighted by Gasteiger charge is -2.05. The summed E-state index contributed by atoms with van der Waals surface area (Å²) < 4.78 is 28.0. The third kappa shape index (κ3) is 2.48. The monoisotopic (exact) mass is 293 g/mol. The molecule has 1 aromatic carbocycles. The van der Waals surface area contributed by atoms with E-state index in [0.29, 0.717) is 0 Å². The maximum atomic E-state index is 13.2. The van der Waals surface area contributed by atoms with Crippen LogP contribution in [0.1, 0.15) is 0 Å². The van der Waals surface area contributed by atoms with Gasteiger partial charge in [0.1, 0.15) is 18.0 Å². The molecular formula is C12H6ClF2N5. The summed E-state index contributed by atoms with van der Waals surface area (Å²) in [5.41, 5.74) is 0.174. The van der Waals surface area contributed by atoms with E-state index >= 15 is 0 Å². The van der Waals surface area contributed by atoms with Crippen molar-refractivity contribution in [3.63, 3.8) is 0 Å². The van der Waals surface area contributed by atoms with Crippen LogP contribution in [0.2, 0.25) is 5.28 Å². The molecule has 5 nitrogen and oxygen atoms in total. The van der Waals surface area contributed by atoms with Crippen LogP contribution in [-0.2, 0) is 0 Å². The average Bonchev–Trinajstić information content (AvgIpc) is 2.90. The molecule has 0 bridgehead atoms. The predicted molar refractivity (Wildman–Crippen MR) is 67.3 cm³/mol. The van der Waals surface area contributed by atoms with Gasteiger partial charge in [-0.15, -0.1) is 0 Å². The van der Waals surface area contributed by atoms with Crippen LogP contribution in [0.15, 0.2) is 36.9 Å². The summed E-state index contributed by atoms with van der Waals surface area (Å²) in [4.78, 5) is 15.8. The molecule has 0 saturated carbocycles. The van der Waals surface area contributed by atoms with E-state index in [1.165, 1.54) is 10.9 Å². The number of aromatic nitrogens is 5. The summed E-state index contributed by atoms with van der Waals surface area (Å²) >= 11 is 5.81. The van der Waals surface area contributed by atoms with Crippen LogP contribution in [-0.4, -0.2) is 24.5 Å². The van der Waals surface area contributed by atoms with Crippen LogP contribution in [0.25, 0.3) is 17.3 Å². The Labute approximate surface area is 116 Å². The molecule has 0 aliphatic carbocycles. The Kier molecular flexibility index (Phi) is 3.11. The molecule has 0 atom stereocenters. The van der Waals surface area contributed by atoms with Crippen molar-refractivity contribution in [2.75, 3.05) is 0 Å². The number of benzene rings is 1. The number of hydrogen-bond acceptors (Lipinski definition) is 4. The Hall–Kier alpha value is -2.41. The molecule has 0 fully saturated rings. The van der Waals surface area contributed by atoms with Crippen molar-refractivity contribution >= 4 is 11.6 Å². The molecule has 0 N–H and O–H groups in total. The van der Waals surface area contributed by atoms with E-state index in [1.807, 2.05) is 0 Å². The maximum Gasteiger partial charge on any atom is 0.239 e. The minimum atomic E-state index is -0.722. The smallest absolute Gasteiger partial charge is 0.239 e. The first-order valence-corrected chi connectivity index (χ1v) is 5.86. The normalized spacial score (nSPS) is 10.8. The van der Waals surface area contributed by atoms with E-state index in [4.69, 9.17) is 11.6 Å². The Morgan fingerprint density at radius 1 is 1.00 bits per heavy atom. The molecule has 8 heteroatoms. The maximum absolute atomic E-state index is 13.2. The highest BCUT2D eigenvalue weighted by Crippen LogP contribution is 2.20. The molecule has 2 heterocycles. The van der Waals surface area contributed by atoms with Crippen molar-refractivity contribution in [2.24, 2.45) is 0 Å². The lowest BCUT2D eigenvalue weighted by atomic mass is 10.2. The molecule has 0 aliphatic heterocycles. The van der Waals surface area contributed by atoms with Crippen molar-refractivity contribution in [3.05, 3.63) is 53.8 Å². The zero-order valence-electron chi connectivity index (χ0n) is 9.83. The highest BCUT2D eigenvalue weighted by Gasteiger charge is 2.11. The molecule has 2 aromatic heterocycles. The van der Waals surface area contributed by atoms with Gasteiger partial charge in [0.05, 0.1) is 0 Å². The Morgan fingerprint density at radius 2 is 1.75 bits per heavy atom. The summed E-state index contributed by atoms with van der Waals surface area (Å²) in [5.74, 6) is -1.16. The lowest BCUT2D eigenvalue weighted by Crippen LogP contribution is -2.03. The van der Waals surface area contributed by atoms with Gasteiger partial charge in [-0.25, -0.2) is 13.8 Å². The molecule has 0 aliphatic rings. The predicted octanol–water partition coefficient (Wildman–Crippen LogP) is 2.66. The first kappa shape index (κ1) is 12.6. The minimum Gasteiger partial charge on any atom is -0.274 e. The second-order valence-corrected chi connectivity index (χ2v) is 4.19. The minimum absolute atomic E-state index is 0.0760. The fourth-order valence-electron chi connectivity index (χ4n) is 1.64. The molecule has 20 heavy (non-hydrogen) atoms. The third-order valence-electron chi connectivity index (χ3n) is 2.45. The van der Waals surface area contributed by atoms with Gasteiger partial charge in [0.15, 0.2) is 5.82 Å². The fraction of sp³-hybridized carbons (Fsp3) is 0. The highest BCUT2D eigenvalue weighted by molar-refractivity contribution is 6.28. The van der Waals surface area contributed by atoms with Crippen molar-refractivity contribution in [1.82, 2.24) is 24.5 Å². The van der Waals surface area contributed by atoms with E-state index in [1.54, 1.807) is 12.4 Å². The van der Waals surface area contributed by atoms with Crippen molar-refractivity contribution in [2.45, 2.75) is 0 Å². The second kappa shape index (κ2) is 4.93. The van der Waals surface area contributed by atoms with Gasteiger partial charge < -0.3 is 0 Å². The number of imidazole rings is 1. The summed E-state index contributed by atoms with van der Waals surface area (Å²) in [7, 11) is 0. The molecule has 100 valence electrons. The van der Waals surface area contributed by atoms with Crippen LogP contribution < -0.4 is 0 Å². The van der Waals surface area contributed by atoms with Gasteiger partial charge in [-0.05, 0) is 23.7 Å². The molecule has 0 radical (unpaired) electrons. The standard InChI is InChI=1S/C12H6ClF2N5/c13-11-17-10(7-3-8(14)5-9(15)4-7)18-12(19-11)20-2-1-16-6-20/h1-6H. The quantitative estimate of drug-likeness (QED) is 0.729. The molecule has 0 unspecified atom stereocenters. The van der Waals surface area contributed by atoms with E-state index in [-0.39, 0.29) is 22.6 Å². The van der Waals surface area contributed by atoms with Gasteiger partial charge in [-0.1, -0.05) is 0 Å². The van der Waals surface area contributed by atoms with Crippen LogP contribution in [0, 0.1) is 11.6 Å². The van der Waals surface area contributed by atoms with E-state index in [9.17, 15) is 8.78 Å². The van der Waals surface area contributed by atoms with E-state index in [2.05, 4.69) is 19.9 Å². The average molecular weight is 294 g/mol. The SMILES string of the molecule is Fc1cc(F)cc(-c2nc(Cl)nc(-n3ccnc3)n2)c1. The van der Waals surface area contributed by atoms with Crippen molar-refractivity contribution < 1.29 is 8.78 Å². The number of rotatable bonds is 2. The second-order valence-electron chi connectivity index (χ2n) is 3.86. The first-order chi connectivity index (χ1) is 9.61. The lowest BCUT2D eigenvalue weighted by molar-refractivity contribution is 0.584. The number of halogens is 3. The molecule has 0 saturated heterocycles. The van der Waals surface area contributed by atoms with Gasteiger partial charge in [-0.2, -0.15) is 15.0 Å². The summed E-state index contributed by atoms with van der Waals surface area (Å²) in [5, 5.41) is -0.0802. The Bertz CT molecular complexity index is 740. The number of nitrogens with zero attached hydrogens (tertiary/aromatic N) is 5. The van der Waals surface area contributed by atoms with Gasteiger partial charge >= 0.3 is 0 Å². The van der Waals surface area contributed by atoms with E-state index < -0.39 is 11.6 Å². The molecule has 3 rings (SSSR count). The molecular weight excluding hydrogens is 288 g/mol. The van der Waals surface area contributed by atoms with Crippen molar-refractivity contribution in [3.8, 4) is 17.3 Å². The molecule has 0 amide bonds. The van der Waals surface area contributed by atoms with E-state index in [0.717, 1.165) is 18.2 Å². The zero-order chi connectivity index (χ0) is 14.1. The topological polar surface area (TPSA) is 56.5 Å². The van der Waals surface area contributed by atoms with Gasteiger partial charge in [-0.3, -0.25) is 4.57 Å². The largest absolute Gasteiger partial charge is 0.274 e. The van der Waals surface area contributed by atoms with Crippen LogP contribution in [0.5, 0.6) is 0 Å². The summed E-state index contributed by atoms with van der Waals surface area (Å²) in [6.45, 7) is 0.